The number of aromatic nitrogens is 1. The molecule has 2 aliphatic carbocycles. The second kappa shape index (κ2) is 13.8. The molecule has 2 saturated carbocycles. The van der Waals surface area contributed by atoms with Crippen LogP contribution in [-0.4, -0.2) is 35.0 Å². The highest BCUT2D eigenvalue weighted by molar-refractivity contribution is 6.11. The molecule has 2 fully saturated rings. The number of benzene rings is 2. The summed E-state index contributed by atoms with van der Waals surface area (Å²) in [5.41, 5.74) is 3.69. The average molecular weight is 614 g/mol. The van der Waals surface area contributed by atoms with E-state index in [9.17, 15) is 23.2 Å². The molecule has 234 valence electrons. The van der Waals surface area contributed by atoms with Crippen molar-refractivity contribution < 1.29 is 31.9 Å². The summed E-state index contributed by atoms with van der Waals surface area (Å²) in [7, 11) is 0. The van der Waals surface area contributed by atoms with Crippen LogP contribution in [0.5, 0.6) is 0 Å². The topological polar surface area (TPSA) is 103 Å². The average Bonchev–Trinajstić information content (AvgIpc) is 3.50. The van der Waals surface area contributed by atoms with Crippen LogP contribution >= 0.6 is 0 Å². The highest BCUT2D eigenvalue weighted by Gasteiger charge is 2.32. The predicted octanol–water partition coefficient (Wildman–Crippen LogP) is 5.77. The van der Waals surface area contributed by atoms with Gasteiger partial charge >= 0.3 is 5.97 Å². The Bertz CT molecular complexity index is 1570. The number of pyridine rings is 1. The Labute approximate surface area is 252 Å². The molecule has 7 nitrogen and oxygen atoms in total. The standard InChI is InChI=1S/C33H35F4N3O4/c34-21-10-11-23(25(35)18-21)31(42)24-12-13-28(41)40(32(24)38)30-26(36)16-19(17-27(30)37)14-15-39-29(20-6-2-1-3-7-20)33(43)44-22-8-4-5-9-22/h10-13,16-18,20,22,29,39H,1-9,14-15,38H2/t29-/m0/s1. The maximum Gasteiger partial charge on any atom is 0.323 e. The van der Waals surface area contributed by atoms with E-state index < -0.39 is 57.7 Å². The third-order valence-corrected chi connectivity index (χ3v) is 8.59. The zero-order valence-corrected chi connectivity index (χ0v) is 24.2. The monoisotopic (exact) mass is 613 g/mol. The van der Waals surface area contributed by atoms with Gasteiger partial charge in [-0.3, -0.25) is 19.0 Å². The number of carbonyl (C=O) groups excluding carboxylic acids is 2. The van der Waals surface area contributed by atoms with Crippen molar-refractivity contribution in [3.05, 3.63) is 92.8 Å². The van der Waals surface area contributed by atoms with Crippen molar-refractivity contribution in [2.24, 2.45) is 5.92 Å². The van der Waals surface area contributed by atoms with Gasteiger partial charge in [0.2, 0.25) is 0 Å². The first kappa shape index (κ1) is 31.4. The van der Waals surface area contributed by atoms with Gasteiger partial charge in [0.25, 0.3) is 5.56 Å². The van der Waals surface area contributed by atoms with Crippen molar-refractivity contribution in [3.8, 4) is 5.69 Å². The molecule has 2 aromatic carbocycles. The Balaban J connectivity index is 1.34. The number of esters is 1. The van der Waals surface area contributed by atoms with E-state index in [0.29, 0.717) is 10.6 Å². The van der Waals surface area contributed by atoms with Crippen molar-refractivity contribution >= 4 is 17.6 Å². The van der Waals surface area contributed by atoms with Crippen LogP contribution in [0.25, 0.3) is 5.69 Å². The van der Waals surface area contributed by atoms with Crippen LogP contribution in [0.4, 0.5) is 23.4 Å². The van der Waals surface area contributed by atoms with Gasteiger partial charge in [-0.05, 0) is 93.3 Å². The summed E-state index contributed by atoms with van der Waals surface area (Å²) in [5, 5.41) is 3.27. The molecule has 3 aromatic rings. The van der Waals surface area contributed by atoms with E-state index in [1.165, 1.54) is 0 Å². The summed E-state index contributed by atoms with van der Waals surface area (Å²) in [6.07, 6.45) is 8.92. The Kier molecular flexibility index (Phi) is 9.83. The third kappa shape index (κ3) is 6.88. The van der Waals surface area contributed by atoms with Crippen LogP contribution in [0, 0.1) is 29.2 Å². The molecule has 0 saturated heterocycles. The number of carbonyl (C=O) groups is 2. The first-order valence-corrected chi connectivity index (χ1v) is 15.1. The molecule has 2 aliphatic rings. The lowest BCUT2D eigenvalue weighted by Crippen LogP contribution is -2.46. The summed E-state index contributed by atoms with van der Waals surface area (Å²) in [6.45, 7) is 0.258. The second-order valence-electron chi connectivity index (χ2n) is 11.6. The molecule has 44 heavy (non-hydrogen) atoms. The molecule has 0 spiro atoms. The lowest BCUT2D eigenvalue weighted by atomic mass is 9.83. The molecule has 0 amide bonds. The minimum Gasteiger partial charge on any atom is -0.461 e. The van der Waals surface area contributed by atoms with Crippen molar-refractivity contribution in [2.75, 3.05) is 12.3 Å². The Morgan fingerprint density at radius 1 is 0.864 bits per heavy atom. The van der Waals surface area contributed by atoms with E-state index >= 15 is 8.78 Å². The van der Waals surface area contributed by atoms with Gasteiger partial charge in [0.15, 0.2) is 17.4 Å². The normalized spacial score (nSPS) is 16.6. The summed E-state index contributed by atoms with van der Waals surface area (Å²) in [5.74, 6) is -5.99. The minimum atomic E-state index is -1.15. The van der Waals surface area contributed by atoms with E-state index in [1.54, 1.807) is 0 Å². The Morgan fingerprint density at radius 2 is 1.50 bits per heavy atom. The number of rotatable bonds is 10. The number of nitrogen functional groups attached to an aromatic ring is 1. The second-order valence-corrected chi connectivity index (χ2v) is 11.6. The van der Waals surface area contributed by atoms with Gasteiger partial charge in [-0.1, -0.05) is 19.3 Å². The van der Waals surface area contributed by atoms with Crippen LogP contribution in [-0.2, 0) is 16.0 Å². The van der Waals surface area contributed by atoms with Gasteiger partial charge in [-0.25, -0.2) is 17.6 Å². The number of hydrogen-bond acceptors (Lipinski definition) is 6. The molecule has 1 aromatic heterocycles. The fourth-order valence-electron chi connectivity index (χ4n) is 6.30. The molecular weight excluding hydrogens is 578 g/mol. The SMILES string of the molecule is Nc1c(C(=O)c2ccc(F)cc2F)ccc(=O)n1-c1c(F)cc(CCN[C@H](C(=O)OC2CCCC2)C2CCCCC2)cc1F. The molecule has 0 aliphatic heterocycles. The van der Waals surface area contributed by atoms with E-state index in [1.807, 2.05) is 0 Å². The van der Waals surface area contributed by atoms with E-state index in [2.05, 4.69) is 5.32 Å². The first-order chi connectivity index (χ1) is 21.1. The zero-order valence-electron chi connectivity index (χ0n) is 24.2. The summed E-state index contributed by atoms with van der Waals surface area (Å²) >= 11 is 0. The van der Waals surface area contributed by atoms with Gasteiger partial charge < -0.3 is 15.8 Å². The van der Waals surface area contributed by atoms with Crippen LogP contribution in [0.2, 0.25) is 0 Å². The number of ether oxygens (including phenoxy) is 1. The molecule has 3 N–H and O–H groups in total. The number of nitrogens with one attached hydrogen (secondary N) is 1. The number of anilines is 1. The molecule has 1 heterocycles. The highest BCUT2D eigenvalue weighted by Crippen LogP contribution is 2.29. The third-order valence-electron chi connectivity index (χ3n) is 8.59. The van der Waals surface area contributed by atoms with Crippen LogP contribution in [0.1, 0.15) is 79.3 Å². The summed E-state index contributed by atoms with van der Waals surface area (Å²) in [6, 6.07) is 5.84. The van der Waals surface area contributed by atoms with E-state index in [-0.39, 0.29) is 42.1 Å². The molecule has 1 atom stereocenters. The van der Waals surface area contributed by atoms with Crippen LogP contribution in [0.15, 0.2) is 47.3 Å². The Morgan fingerprint density at radius 3 is 2.16 bits per heavy atom. The number of nitrogens with zero attached hydrogens (tertiary/aromatic N) is 1. The van der Waals surface area contributed by atoms with E-state index in [0.717, 1.165) is 94.2 Å². The Hall–Kier alpha value is -3.99. The largest absolute Gasteiger partial charge is 0.461 e. The minimum absolute atomic E-state index is 0.0644. The van der Waals surface area contributed by atoms with Crippen molar-refractivity contribution in [3.63, 3.8) is 0 Å². The maximum absolute atomic E-state index is 15.4. The van der Waals surface area contributed by atoms with Crippen molar-refractivity contribution in [1.29, 1.82) is 0 Å². The fraction of sp³-hybridized carbons (Fsp3) is 0.424. The molecule has 11 heteroatoms. The van der Waals surface area contributed by atoms with E-state index in [4.69, 9.17) is 10.5 Å². The number of halogens is 4. The van der Waals surface area contributed by atoms with Crippen molar-refractivity contribution in [1.82, 2.24) is 9.88 Å². The molecular formula is C33H35F4N3O4. The van der Waals surface area contributed by atoms with Gasteiger partial charge in [-0.15, -0.1) is 0 Å². The van der Waals surface area contributed by atoms with Crippen LogP contribution in [0.3, 0.4) is 0 Å². The molecule has 5 rings (SSSR count). The first-order valence-electron chi connectivity index (χ1n) is 15.1. The van der Waals surface area contributed by atoms with Gasteiger partial charge in [-0.2, -0.15) is 0 Å². The number of ketones is 1. The lowest BCUT2D eigenvalue weighted by molar-refractivity contribution is -0.153. The summed E-state index contributed by atoms with van der Waals surface area (Å²) in [4.78, 5) is 38.8. The maximum atomic E-state index is 15.4. The molecule has 0 radical (unpaired) electrons. The number of nitrogens with two attached hydrogens (primary N) is 1. The zero-order chi connectivity index (χ0) is 31.4. The molecule has 0 bridgehead atoms. The van der Waals surface area contributed by atoms with Gasteiger partial charge in [0.1, 0.15) is 35.3 Å². The quantitative estimate of drug-likeness (QED) is 0.171. The summed E-state index contributed by atoms with van der Waals surface area (Å²) < 4.78 is 64.7. The predicted molar refractivity (Wildman–Crippen MR) is 157 cm³/mol. The lowest BCUT2D eigenvalue weighted by Gasteiger charge is -2.30. The fourth-order valence-corrected chi connectivity index (χ4v) is 6.30. The molecule has 0 unspecified atom stereocenters. The smallest absolute Gasteiger partial charge is 0.323 e. The van der Waals surface area contributed by atoms with Gasteiger partial charge in [0.05, 0.1) is 11.1 Å². The van der Waals surface area contributed by atoms with Crippen molar-refractivity contribution in [2.45, 2.75) is 76.4 Å². The number of hydrogen-bond donors (Lipinski definition) is 2. The van der Waals surface area contributed by atoms with Gasteiger partial charge in [0, 0.05) is 12.1 Å². The van der Waals surface area contributed by atoms with Crippen LogP contribution < -0.4 is 16.6 Å². The highest BCUT2D eigenvalue weighted by atomic mass is 19.1.